The van der Waals surface area contributed by atoms with Gasteiger partial charge in [-0.1, -0.05) is 24.3 Å². The lowest BCUT2D eigenvalue weighted by molar-refractivity contribution is 0.281. The molecule has 4 aromatic rings. The predicted molar refractivity (Wildman–Crippen MR) is 99.0 cm³/mol. The van der Waals surface area contributed by atoms with Crippen LogP contribution in [-0.2, 0) is 13.2 Å². The molecule has 0 atom stereocenters. The lowest BCUT2D eigenvalue weighted by Gasteiger charge is -2.11. The molecule has 0 spiro atoms. The van der Waals surface area contributed by atoms with Crippen molar-refractivity contribution >= 4 is 21.8 Å². The summed E-state index contributed by atoms with van der Waals surface area (Å²) in [7, 11) is 0. The Morgan fingerprint density at radius 3 is 2.77 bits per heavy atom. The average Bonchev–Trinajstić information content (AvgIpc) is 3.47. The lowest BCUT2D eigenvalue weighted by atomic mass is 10.0. The van der Waals surface area contributed by atoms with Crippen LogP contribution in [0.5, 0.6) is 0 Å². The minimum atomic E-state index is -0.113. The average molecular weight is 346 g/mol. The van der Waals surface area contributed by atoms with Crippen LogP contribution in [0.1, 0.15) is 30.1 Å². The van der Waals surface area contributed by atoms with Crippen molar-refractivity contribution in [3.63, 3.8) is 0 Å². The molecule has 0 saturated heterocycles. The largest absolute Gasteiger partial charge is 0.392 e. The molecule has 0 amide bonds. The molecule has 6 nitrogen and oxygen atoms in total. The molecule has 1 N–H and O–H groups in total. The van der Waals surface area contributed by atoms with Crippen LogP contribution < -0.4 is 5.69 Å². The summed E-state index contributed by atoms with van der Waals surface area (Å²) < 4.78 is 3.59. The molecule has 1 fully saturated rings. The Hall–Kier alpha value is -2.99. The van der Waals surface area contributed by atoms with E-state index in [2.05, 4.69) is 9.97 Å². The van der Waals surface area contributed by atoms with Crippen LogP contribution in [0.15, 0.2) is 53.7 Å². The number of hydrogen-bond acceptors (Lipinski definition) is 4. The second kappa shape index (κ2) is 5.78. The van der Waals surface area contributed by atoms with Gasteiger partial charge in [-0.05, 0) is 24.3 Å². The first-order chi connectivity index (χ1) is 12.8. The Labute approximate surface area is 149 Å². The molecule has 3 aromatic heterocycles. The van der Waals surface area contributed by atoms with E-state index in [4.69, 9.17) is 0 Å². The Morgan fingerprint density at radius 2 is 1.96 bits per heavy atom. The van der Waals surface area contributed by atoms with Crippen LogP contribution in [0.25, 0.3) is 21.8 Å². The van der Waals surface area contributed by atoms with Gasteiger partial charge >= 0.3 is 5.69 Å². The Morgan fingerprint density at radius 1 is 1.12 bits per heavy atom. The molecule has 6 heteroatoms. The summed E-state index contributed by atoms with van der Waals surface area (Å²) in [6.07, 6.45) is 7.33. The molecule has 0 bridgehead atoms. The van der Waals surface area contributed by atoms with Crippen LogP contribution in [0.4, 0.5) is 0 Å². The number of hydrogen-bond donors (Lipinski definition) is 1. The molecule has 1 aliphatic carbocycles. The van der Waals surface area contributed by atoms with Crippen molar-refractivity contribution in [3.8, 4) is 0 Å². The standard InChI is InChI=1S/C20H18N4O2/c25-12-16-15-4-2-1-3-13(15)9-22-17(16)11-23-19-10-21-8-7-18(19)24(20(23)26)14-5-6-14/h1-4,7-10,14,25H,5-6,11-12H2. The highest BCUT2D eigenvalue weighted by atomic mass is 16.3. The summed E-state index contributed by atoms with van der Waals surface area (Å²) in [6, 6.07) is 10.0. The van der Waals surface area contributed by atoms with Crippen LogP contribution in [-0.4, -0.2) is 24.2 Å². The van der Waals surface area contributed by atoms with E-state index in [0.29, 0.717) is 12.2 Å². The van der Waals surface area contributed by atoms with Crippen molar-refractivity contribution in [2.24, 2.45) is 0 Å². The number of aromatic nitrogens is 4. The Bertz CT molecular complexity index is 1190. The third-order valence-electron chi connectivity index (χ3n) is 5.14. The molecular weight excluding hydrogens is 328 g/mol. The van der Waals surface area contributed by atoms with Crippen molar-refractivity contribution in [3.05, 3.63) is 70.7 Å². The van der Waals surface area contributed by atoms with E-state index in [1.165, 1.54) is 0 Å². The molecule has 3 heterocycles. The van der Waals surface area contributed by atoms with Gasteiger partial charge in [0.1, 0.15) is 0 Å². The maximum Gasteiger partial charge on any atom is 0.329 e. The minimum Gasteiger partial charge on any atom is -0.392 e. The van der Waals surface area contributed by atoms with E-state index in [1.54, 1.807) is 23.2 Å². The van der Waals surface area contributed by atoms with Crippen LogP contribution >= 0.6 is 0 Å². The summed E-state index contributed by atoms with van der Waals surface area (Å²) in [4.78, 5) is 21.8. The van der Waals surface area contributed by atoms with E-state index in [-0.39, 0.29) is 18.3 Å². The monoisotopic (exact) mass is 346 g/mol. The molecule has 0 radical (unpaired) electrons. The highest BCUT2D eigenvalue weighted by Gasteiger charge is 2.29. The molecular formula is C20H18N4O2. The van der Waals surface area contributed by atoms with Gasteiger partial charge in [-0.15, -0.1) is 0 Å². The van der Waals surface area contributed by atoms with Crippen molar-refractivity contribution < 1.29 is 5.11 Å². The van der Waals surface area contributed by atoms with Gasteiger partial charge in [0.25, 0.3) is 0 Å². The molecule has 130 valence electrons. The number of rotatable bonds is 4. The third-order valence-corrected chi connectivity index (χ3v) is 5.14. The number of aliphatic hydroxyl groups is 1. The molecule has 26 heavy (non-hydrogen) atoms. The maximum absolute atomic E-state index is 13.0. The molecule has 0 unspecified atom stereocenters. The zero-order chi connectivity index (χ0) is 17.7. The number of benzene rings is 1. The number of imidazole rings is 1. The summed E-state index contributed by atoms with van der Waals surface area (Å²) in [5.41, 5.74) is 3.18. The summed E-state index contributed by atoms with van der Waals surface area (Å²) in [5.74, 6) is 0. The highest BCUT2D eigenvalue weighted by molar-refractivity contribution is 5.85. The fourth-order valence-corrected chi connectivity index (χ4v) is 3.69. The van der Waals surface area contributed by atoms with E-state index in [9.17, 15) is 9.90 Å². The van der Waals surface area contributed by atoms with Gasteiger partial charge in [0.05, 0.1) is 36.1 Å². The van der Waals surface area contributed by atoms with Gasteiger partial charge in [-0.25, -0.2) is 4.79 Å². The van der Waals surface area contributed by atoms with E-state index in [0.717, 1.165) is 40.2 Å². The Balaban J connectivity index is 1.70. The van der Waals surface area contributed by atoms with Gasteiger partial charge in [-0.2, -0.15) is 0 Å². The third kappa shape index (κ3) is 2.26. The number of fused-ring (bicyclic) bond motifs is 2. The first-order valence-corrected chi connectivity index (χ1v) is 8.79. The fourth-order valence-electron chi connectivity index (χ4n) is 3.69. The van der Waals surface area contributed by atoms with Crippen LogP contribution in [0, 0.1) is 0 Å². The molecule has 5 rings (SSSR count). The number of aliphatic hydroxyl groups excluding tert-OH is 1. The maximum atomic E-state index is 13.0. The molecule has 1 aromatic carbocycles. The first-order valence-electron chi connectivity index (χ1n) is 8.79. The molecule has 1 aliphatic rings. The summed E-state index contributed by atoms with van der Waals surface area (Å²) in [5, 5.41) is 11.9. The predicted octanol–water partition coefficient (Wildman–Crippen LogP) is 2.62. The van der Waals surface area contributed by atoms with Crippen LogP contribution in [0.2, 0.25) is 0 Å². The smallest absolute Gasteiger partial charge is 0.329 e. The lowest BCUT2D eigenvalue weighted by Crippen LogP contribution is -2.25. The quantitative estimate of drug-likeness (QED) is 0.616. The highest BCUT2D eigenvalue weighted by Crippen LogP contribution is 2.36. The minimum absolute atomic E-state index is 0.0330. The topological polar surface area (TPSA) is 72.9 Å². The SMILES string of the molecule is O=c1n(Cc2ncc3ccccc3c2CO)c2cnccc2n1C1CC1. The summed E-state index contributed by atoms with van der Waals surface area (Å²) in [6.45, 7) is 0.208. The first kappa shape index (κ1) is 15.3. The molecule has 1 saturated carbocycles. The van der Waals surface area contributed by atoms with Gasteiger partial charge < -0.3 is 5.11 Å². The van der Waals surface area contributed by atoms with Crippen molar-refractivity contribution in [2.45, 2.75) is 32.0 Å². The molecule has 0 aliphatic heterocycles. The summed E-state index contributed by atoms with van der Waals surface area (Å²) >= 11 is 0. The second-order valence-corrected chi connectivity index (χ2v) is 6.76. The van der Waals surface area contributed by atoms with Gasteiger partial charge in [0.2, 0.25) is 0 Å². The zero-order valence-electron chi connectivity index (χ0n) is 14.2. The normalized spacial score (nSPS) is 14.3. The van der Waals surface area contributed by atoms with E-state index >= 15 is 0 Å². The van der Waals surface area contributed by atoms with Gasteiger partial charge in [0.15, 0.2) is 0 Å². The fraction of sp³-hybridized carbons (Fsp3) is 0.250. The Kier molecular flexibility index (Phi) is 3.39. The van der Waals surface area contributed by atoms with Gasteiger partial charge in [0, 0.05) is 29.4 Å². The van der Waals surface area contributed by atoms with Gasteiger partial charge in [-0.3, -0.25) is 19.1 Å². The van der Waals surface area contributed by atoms with Crippen molar-refractivity contribution in [2.75, 3.05) is 0 Å². The zero-order valence-corrected chi connectivity index (χ0v) is 14.2. The number of pyridine rings is 2. The van der Waals surface area contributed by atoms with Crippen molar-refractivity contribution in [1.29, 1.82) is 0 Å². The van der Waals surface area contributed by atoms with E-state index < -0.39 is 0 Å². The number of nitrogens with zero attached hydrogens (tertiary/aromatic N) is 4. The van der Waals surface area contributed by atoms with Crippen LogP contribution in [0.3, 0.4) is 0 Å². The van der Waals surface area contributed by atoms with Crippen molar-refractivity contribution in [1.82, 2.24) is 19.1 Å². The van der Waals surface area contributed by atoms with E-state index in [1.807, 2.05) is 34.9 Å². The second-order valence-electron chi connectivity index (χ2n) is 6.76.